The molecule has 19 heavy (non-hydrogen) atoms. The first-order valence-electron chi connectivity index (χ1n) is 8.30. The smallest absolute Gasteiger partial charge is 0.0109 e. The molecule has 0 aromatic carbocycles. The standard InChI is InChI=1S/C16H35N3/c1-16(2)15-17-9-5-4-6-10-18(3)13-14-19-11-7-8-12-19/h16-17H,4-15H2,1-3H3. The summed E-state index contributed by atoms with van der Waals surface area (Å²) < 4.78 is 0. The Balaban J connectivity index is 1.82. The van der Waals surface area contributed by atoms with E-state index in [1.54, 1.807) is 0 Å². The lowest BCUT2D eigenvalue weighted by Gasteiger charge is -2.21. The second-order valence-electron chi connectivity index (χ2n) is 6.51. The molecule has 0 aliphatic carbocycles. The lowest BCUT2D eigenvalue weighted by atomic mass is 10.2. The Hall–Kier alpha value is -0.120. The second kappa shape index (κ2) is 10.6. The zero-order chi connectivity index (χ0) is 13.9. The van der Waals surface area contributed by atoms with E-state index in [9.17, 15) is 0 Å². The highest BCUT2D eigenvalue weighted by Gasteiger charge is 2.11. The number of rotatable bonds is 11. The van der Waals surface area contributed by atoms with Crippen molar-refractivity contribution in [1.29, 1.82) is 0 Å². The zero-order valence-corrected chi connectivity index (χ0v) is 13.5. The highest BCUT2D eigenvalue weighted by molar-refractivity contribution is 4.67. The number of nitrogens with zero attached hydrogens (tertiary/aromatic N) is 2. The lowest BCUT2D eigenvalue weighted by Crippen LogP contribution is -2.32. The van der Waals surface area contributed by atoms with Gasteiger partial charge in [-0.05, 0) is 71.4 Å². The van der Waals surface area contributed by atoms with E-state index < -0.39 is 0 Å². The Labute approximate surface area is 120 Å². The molecule has 1 aliphatic heterocycles. The van der Waals surface area contributed by atoms with Crippen molar-refractivity contribution in [2.75, 3.05) is 52.9 Å². The molecule has 0 aromatic rings. The third kappa shape index (κ3) is 9.42. The van der Waals surface area contributed by atoms with Gasteiger partial charge in [0.2, 0.25) is 0 Å². The van der Waals surface area contributed by atoms with Crippen LogP contribution in [0.4, 0.5) is 0 Å². The first kappa shape index (κ1) is 16.9. The van der Waals surface area contributed by atoms with Gasteiger partial charge in [-0.1, -0.05) is 20.3 Å². The minimum atomic E-state index is 0.775. The van der Waals surface area contributed by atoms with Gasteiger partial charge >= 0.3 is 0 Å². The van der Waals surface area contributed by atoms with Crippen LogP contribution in [0.2, 0.25) is 0 Å². The largest absolute Gasteiger partial charge is 0.316 e. The molecule has 0 unspecified atom stereocenters. The Morgan fingerprint density at radius 2 is 1.79 bits per heavy atom. The van der Waals surface area contributed by atoms with Gasteiger partial charge in [0.15, 0.2) is 0 Å². The van der Waals surface area contributed by atoms with Crippen LogP contribution in [0.1, 0.15) is 46.0 Å². The minimum Gasteiger partial charge on any atom is -0.316 e. The molecule has 0 spiro atoms. The fourth-order valence-corrected chi connectivity index (χ4v) is 2.63. The molecule has 1 fully saturated rings. The van der Waals surface area contributed by atoms with Crippen molar-refractivity contribution < 1.29 is 0 Å². The SMILES string of the molecule is CC(C)CNCCCCCN(C)CCN1CCCC1. The van der Waals surface area contributed by atoms with Gasteiger partial charge in [-0.2, -0.15) is 0 Å². The lowest BCUT2D eigenvalue weighted by molar-refractivity contribution is 0.253. The van der Waals surface area contributed by atoms with Gasteiger partial charge in [-0.25, -0.2) is 0 Å². The summed E-state index contributed by atoms with van der Waals surface area (Å²) in [6.45, 7) is 13.3. The van der Waals surface area contributed by atoms with Crippen LogP contribution in [0, 0.1) is 5.92 Å². The monoisotopic (exact) mass is 269 g/mol. The second-order valence-corrected chi connectivity index (χ2v) is 6.51. The fraction of sp³-hybridized carbons (Fsp3) is 1.00. The average Bonchev–Trinajstić information content (AvgIpc) is 2.88. The van der Waals surface area contributed by atoms with E-state index >= 15 is 0 Å². The van der Waals surface area contributed by atoms with E-state index in [2.05, 4.69) is 36.0 Å². The van der Waals surface area contributed by atoms with Crippen molar-refractivity contribution in [3.63, 3.8) is 0 Å². The van der Waals surface area contributed by atoms with Crippen LogP contribution in [0.5, 0.6) is 0 Å². The summed E-state index contributed by atoms with van der Waals surface area (Å²) in [6, 6.07) is 0. The molecule has 0 aromatic heterocycles. The van der Waals surface area contributed by atoms with E-state index in [1.165, 1.54) is 71.4 Å². The van der Waals surface area contributed by atoms with Gasteiger partial charge in [-0.3, -0.25) is 0 Å². The minimum absolute atomic E-state index is 0.775. The van der Waals surface area contributed by atoms with E-state index in [0.717, 1.165) is 12.5 Å². The predicted octanol–water partition coefficient (Wildman–Crippen LogP) is 2.43. The molecule has 0 amide bonds. The highest BCUT2D eigenvalue weighted by Crippen LogP contribution is 2.06. The number of unbranched alkanes of at least 4 members (excludes halogenated alkanes) is 2. The summed E-state index contributed by atoms with van der Waals surface area (Å²) in [7, 11) is 2.27. The van der Waals surface area contributed by atoms with E-state index in [1.807, 2.05) is 0 Å². The normalized spacial score (nSPS) is 16.9. The molecule has 1 aliphatic rings. The fourth-order valence-electron chi connectivity index (χ4n) is 2.63. The van der Waals surface area contributed by atoms with Crippen molar-refractivity contribution in [3.05, 3.63) is 0 Å². The molecule has 0 radical (unpaired) electrons. The maximum Gasteiger partial charge on any atom is 0.0109 e. The van der Waals surface area contributed by atoms with Gasteiger partial charge in [-0.15, -0.1) is 0 Å². The summed E-state index contributed by atoms with van der Waals surface area (Å²) in [4.78, 5) is 5.10. The van der Waals surface area contributed by atoms with Gasteiger partial charge in [0.25, 0.3) is 0 Å². The van der Waals surface area contributed by atoms with Crippen molar-refractivity contribution in [2.45, 2.75) is 46.0 Å². The summed E-state index contributed by atoms with van der Waals surface area (Å²) in [5, 5.41) is 3.51. The quantitative estimate of drug-likeness (QED) is 0.581. The van der Waals surface area contributed by atoms with Gasteiger partial charge in [0, 0.05) is 13.1 Å². The van der Waals surface area contributed by atoms with Crippen LogP contribution in [0.15, 0.2) is 0 Å². The Morgan fingerprint density at radius 3 is 2.47 bits per heavy atom. The molecular weight excluding hydrogens is 234 g/mol. The first-order chi connectivity index (χ1) is 9.18. The summed E-state index contributed by atoms with van der Waals surface area (Å²) >= 11 is 0. The number of nitrogens with one attached hydrogen (secondary N) is 1. The third-order valence-electron chi connectivity index (χ3n) is 3.94. The van der Waals surface area contributed by atoms with E-state index in [0.29, 0.717) is 0 Å². The molecule has 3 nitrogen and oxygen atoms in total. The maximum absolute atomic E-state index is 3.51. The van der Waals surface area contributed by atoms with Gasteiger partial charge in [0.1, 0.15) is 0 Å². The third-order valence-corrected chi connectivity index (χ3v) is 3.94. The summed E-state index contributed by atoms with van der Waals surface area (Å²) in [5.41, 5.74) is 0. The molecule has 3 heteroatoms. The van der Waals surface area contributed by atoms with Crippen LogP contribution >= 0.6 is 0 Å². The highest BCUT2D eigenvalue weighted by atomic mass is 15.2. The average molecular weight is 269 g/mol. The van der Waals surface area contributed by atoms with E-state index in [-0.39, 0.29) is 0 Å². The van der Waals surface area contributed by atoms with Crippen molar-refractivity contribution in [1.82, 2.24) is 15.1 Å². The molecular formula is C16H35N3. The molecule has 114 valence electrons. The topological polar surface area (TPSA) is 18.5 Å². The number of hydrogen-bond donors (Lipinski definition) is 1. The van der Waals surface area contributed by atoms with Crippen LogP contribution < -0.4 is 5.32 Å². The summed E-state index contributed by atoms with van der Waals surface area (Å²) in [6.07, 6.45) is 6.85. The van der Waals surface area contributed by atoms with Crippen molar-refractivity contribution >= 4 is 0 Å². The van der Waals surface area contributed by atoms with Gasteiger partial charge < -0.3 is 15.1 Å². The van der Waals surface area contributed by atoms with Crippen LogP contribution in [0.3, 0.4) is 0 Å². The molecule has 1 N–H and O–H groups in total. The first-order valence-corrected chi connectivity index (χ1v) is 8.30. The number of likely N-dealkylation sites (tertiary alicyclic amines) is 1. The Kier molecular flexibility index (Phi) is 9.48. The molecule has 0 saturated carbocycles. The Bertz CT molecular complexity index is 200. The molecule has 0 bridgehead atoms. The van der Waals surface area contributed by atoms with Crippen LogP contribution in [-0.2, 0) is 0 Å². The molecule has 1 saturated heterocycles. The Morgan fingerprint density at radius 1 is 1.05 bits per heavy atom. The maximum atomic E-state index is 3.51. The zero-order valence-electron chi connectivity index (χ0n) is 13.5. The van der Waals surface area contributed by atoms with Crippen LogP contribution in [0.25, 0.3) is 0 Å². The van der Waals surface area contributed by atoms with Crippen LogP contribution in [-0.4, -0.2) is 62.7 Å². The molecule has 1 rings (SSSR count). The predicted molar refractivity (Wildman–Crippen MR) is 84.7 cm³/mol. The van der Waals surface area contributed by atoms with Crippen molar-refractivity contribution in [2.24, 2.45) is 5.92 Å². The summed E-state index contributed by atoms with van der Waals surface area (Å²) in [5.74, 6) is 0.775. The molecule has 1 heterocycles. The molecule has 0 atom stereocenters. The number of hydrogen-bond acceptors (Lipinski definition) is 3. The van der Waals surface area contributed by atoms with Gasteiger partial charge in [0.05, 0.1) is 0 Å². The van der Waals surface area contributed by atoms with E-state index in [4.69, 9.17) is 0 Å². The number of likely N-dealkylation sites (N-methyl/N-ethyl adjacent to an activating group) is 1. The van der Waals surface area contributed by atoms with Crippen molar-refractivity contribution in [3.8, 4) is 0 Å².